The molecule has 0 aliphatic carbocycles. The molecule has 0 saturated heterocycles. The van der Waals surface area contributed by atoms with Gasteiger partial charge < -0.3 is 10.6 Å². The molecule has 1 aromatic rings. The lowest BCUT2D eigenvalue weighted by Gasteiger charge is -2.30. The standard InChI is InChI=1S/C13H19N3O/c1-10(4-6-14)13(17)16-8-5-12-11(9-16)3-2-7-15-12/h2-3,7,10H,4-6,8-9,14H2,1H3. The van der Waals surface area contributed by atoms with Gasteiger partial charge in [0.25, 0.3) is 0 Å². The normalized spacial score (nSPS) is 16.5. The van der Waals surface area contributed by atoms with E-state index >= 15 is 0 Å². The Morgan fingerprint density at radius 3 is 3.24 bits per heavy atom. The van der Waals surface area contributed by atoms with Gasteiger partial charge >= 0.3 is 0 Å². The van der Waals surface area contributed by atoms with Gasteiger partial charge in [0.15, 0.2) is 0 Å². The van der Waals surface area contributed by atoms with Gasteiger partial charge in [-0.25, -0.2) is 0 Å². The molecule has 0 saturated carbocycles. The van der Waals surface area contributed by atoms with E-state index in [4.69, 9.17) is 5.73 Å². The fourth-order valence-corrected chi connectivity index (χ4v) is 2.24. The first kappa shape index (κ1) is 12.0. The molecule has 0 aromatic carbocycles. The minimum absolute atomic E-state index is 0.0261. The summed E-state index contributed by atoms with van der Waals surface area (Å²) in [5, 5.41) is 0. The zero-order valence-corrected chi connectivity index (χ0v) is 10.2. The molecule has 1 amide bonds. The summed E-state index contributed by atoms with van der Waals surface area (Å²) in [6.45, 7) is 3.99. The lowest BCUT2D eigenvalue weighted by Crippen LogP contribution is -2.39. The second-order valence-electron chi connectivity index (χ2n) is 4.60. The number of carbonyl (C=O) groups excluding carboxylic acids is 1. The lowest BCUT2D eigenvalue weighted by molar-refractivity contribution is -0.136. The zero-order chi connectivity index (χ0) is 12.3. The van der Waals surface area contributed by atoms with Crippen LogP contribution in [-0.4, -0.2) is 28.9 Å². The Hall–Kier alpha value is -1.42. The van der Waals surface area contributed by atoms with Gasteiger partial charge in [0.1, 0.15) is 0 Å². The molecule has 1 aromatic heterocycles. The number of fused-ring (bicyclic) bond motifs is 1. The summed E-state index contributed by atoms with van der Waals surface area (Å²) in [5.41, 5.74) is 7.79. The van der Waals surface area contributed by atoms with Crippen molar-refractivity contribution < 1.29 is 4.79 Å². The molecule has 2 N–H and O–H groups in total. The number of amides is 1. The topological polar surface area (TPSA) is 59.2 Å². The van der Waals surface area contributed by atoms with Gasteiger partial charge in [-0.1, -0.05) is 13.0 Å². The van der Waals surface area contributed by atoms with Crippen LogP contribution in [-0.2, 0) is 17.8 Å². The van der Waals surface area contributed by atoms with Crippen LogP contribution in [0.2, 0.25) is 0 Å². The Kier molecular flexibility index (Phi) is 3.74. The van der Waals surface area contributed by atoms with Crippen LogP contribution in [0.4, 0.5) is 0 Å². The van der Waals surface area contributed by atoms with Gasteiger partial charge in [-0.3, -0.25) is 9.78 Å². The van der Waals surface area contributed by atoms with E-state index in [1.54, 1.807) is 0 Å². The zero-order valence-electron chi connectivity index (χ0n) is 10.2. The van der Waals surface area contributed by atoms with Crippen molar-refractivity contribution in [3.63, 3.8) is 0 Å². The monoisotopic (exact) mass is 233 g/mol. The summed E-state index contributed by atoms with van der Waals surface area (Å²) in [4.78, 5) is 18.4. The van der Waals surface area contributed by atoms with Crippen LogP contribution < -0.4 is 5.73 Å². The van der Waals surface area contributed by atoms with Crippen molar-refractivity contribution in [2.75, 3.05) is 13.1 Å². The molecule has 4 heteroatoms. The number of nitrogens with two attached hydrogens (primary N) is 1. The molecule has 2 heterocycles. The van der Waals surface area contributed by atoms with E-state index in [1.165, 1.54) is 5.56 Å². The van der Waals surface area contributed by atoms with E-state index in [0.29, 0.717) is 13.1 Å². The molecule has 0 bridgehead atoms. The van der Waals surface area contributed by atoms with Crippen molar-refractivity contribution in [3.05, 3.63) is 29.6 Å². The largest absolute Gasteiger partial charge is 0.338 e. The Bertz CT molecular complexity index is 405. The number of rotatable bonds is 3. The van der Waals surface area contributed by atoms with E-state index < -0.39 is 0 Å². The van der Waals surface area contributed by atoms with E-state index in [2.05, 4.69) is 11.1 Å². The Balaban J connectivity index is 2.05. The molecule has 1 aliphatic rings. The minimum Gasteiger partial charge on any atom is -0.338 e. The molecule has 0 spiro atoms. The molecular formula is C13H19N3O. The second-order valence-corrected chi connectivity index (χ2v) is 4.60. The molecule has 0 radical (unpaired) electrons. The molecule has 92 valence electrons. The molecule has 1 aliphatic heterocycles. The fourth-order valence-electron chi connectivity index (χ4n) is 2.24. The molecule has 4 nitrogen and oxygen atoms in total. The van der Waals surface area contributed by atoms with Crippen molar-refractivity contribution >= 4 is 5.91 Å². The highest BCUT2D eigenvalue weighted by molar-refractivity contribution is 5.78. The minimum atomic E-state index is 0.0261. The summed E-state index contributed by atoms with van der Waals surface area (Å²) in [7, 11) is 0. The quantitative estimate of drug-likeness (QED) is 0.845. The fraction of sp³-hybridized carbons (Fsp3) is 0.538. The van der Waals surface area contributed by atoms with Crippen molar-refractivity contribution in [1.29, 1.82) is 0 Å². The van der Waals surface area contributed by atoms with Crippen molar-refractivity contribution in [3.8, 4) is 0 Å². The summed E-state index contributed by atoms with van der Waals surface area (Å²) in [6.07, 6.45) is 3.43. The van der Waals surface area contributed by atoms with Crippen molar-refractivity contribution in [2.24, 2.45) is 11.7 Å². The number of pyridine rings is 1. The molecule has 2 rings (SSSR count). The van der Waals surface area contributed by atoms with Crippen LogP contribution in [0.5, 0.6) is 0 Å². The van der Waals surface area contributed by atoms with Gasteiger partial charge in [0, 0.05) is 37.3 Å². The van der Waals surface area contributed by atoms with Crippen LogP contribution >= 0.6 is 0 Å². The summed E-state index contributed by atoms with van der Waals surface area (Å²) >= 11 is 0. The second kappa shape index (κ2) is 5.27. The summed E-state index contributed by atoms with van der Waals surface area (Å²) in [6, 6.07) is 3.98. The van der Waals surface area contributed by atoms with Crippen molar-refractivity contribution in [2.45, 2.75) is 26.3 Å². The smallest absolute Gasteiger partial charge is 0.225 e. The maximum atomic E-state index is 12.1. The molecule has 1 atom stereocenters. The van der Waals surface area contributed by atoms with Crippen LogP contribution in [0.15, 0.2) is 18.3 Å². The average molecular weight is 233 g/mol. The predicted octanol–water partition coefficient (Wildman–Crippen LogP) is 0.951. The lowest BCUT2D eigenvalue weighted by atomic mass is 10.0. The van der Waals surface area contributed by atoms with E-state index in [0.717, 1.165) is 25.1 Å². The predicted molar refractivity (Wildman–Crippen MR) is 66.2 cm³/mol. The third-order valence-corrected chi connectivity index (χ3v) is 3.30. The number of nitrogens with zero attached hydrogens (tertiary/aromatic N) is 2. The van der Waals surface area contributed by atoms with E-state index in [9.17, 15) is 4.79 Å². The van der Waals surface area contributed by atoms with Gasteiger partial charge in [-0.2, -0.15) is 0 Å². The van der Waals surface area contributed by atoms with Gasteiger partial charge in [-0.15, -0.1) is 0 Å². The molecular weight excluding hydrogens is 214 g/mol. The molecule has 17 heavy (non-hydrogen) atoms. The highest BCUT2D eigenvalue weighted by Crippen LogP contribution is 2.18. The maximum Gasteiger partial charge on any atom is 0.225 e. The number of hydrogen-bond donors (Lipinski definition) is 1. The maximum absolute atomic E-state index is 12.1. The number of carbonyl (C=O) groups is 1. The average Bonchev–Trinajstić information content (AvgIpc) is 2.37. The molecule has 1 unspecified atom stereocenters. The number of aromatic nitrogens is 1. The summed E-state index contributed by atoms with van der Waals surface area (Å²) < 4.78 is 0. The Morgan fingerprint density at radius 2 is 2.47 bits per heavy atom. The summed E-state index contributed by atoms with van der Waals surface area (Å²) in [5.74, 6) is 0.239. The van der Waals surface area contributed by atoms with Gasteiger partial charge in [0.05, 0.1) is 0 Å². The Labute approximate surface area is 102 Å². The van der Waals surface area contributed by atoms with Gasteiger partial charge in [-0.05, 0) is 24.6 Å². The SMILES string of the molecule is CC(CCN)C(=O)N1CCc2ncccc2C1. The van der Waals surface area contributed by atoms with Crippen LogP contribution in [0.25, 0.3) is 0 Å². The molecule has 0 fully saturated rings. The number of hydrogen-bond acceptors (Lipinski definition) is 3. The third kappa shape index (κ3) is 2.64. The first-order chi connectivity index (χ1) is 8.22. The highest BCUT2D eigenvalue weighted by atomic mass is 16.2. The Morgan fingerprint density at radius 1 is 1.65 bits per heavy atom. The first-order valence-corrected chi connectivity index (χ1v) is 6.14. The first-order valence-electron chi connectivity index (χ1n) is 6.14. The van der Waals surface area contributed by atoms with Crippen LogP contribution in [0.1, 0.15) is 24.6 Å². The van der Waals surface area contributed by atoms with Crippen LogP contribution in [0.3, 0.4) is 0 Å². The van der Waals surface area contributed by atoms with E-state index in [-0.39, 0.29) is 11.8 Å². The van der Waals surface area contributed by atoms with Crippen molar-refractivity contribution in [1.82, 2.24) is 9.88 Å². The van der Waals surface area contributed by atoms with E-state index in [1.807, 2.05) is 24.1 Å². The van der Waals surface area contributed by atoms with Crippen LogP contribution in [0, 0.1) is 5.92 Å². The third-order valence-electron chi connectivity index (χ3n) is 3.30. The van der Waals surface area contributed by atoms with Gasteiger partial charge in [0.2, 0.25) is 5.91 Å². The highest BCUT2D eigenvalue weighted by Gasteiger charge is 2.24.